The molecule has 0 spiro atoms. The molecule has 28 heavy (non-hydrogen) atoms. The molecule has 0 aliphatic heterocycles. The number of rotatable bonds is 14. The average molecular weight is 391 g/mol. The summed E-state index contributed by atoms with van der Waals surface area (Å²) in [6, 6.07) is 7.70. The van der Waals surface area contributed by atoms with Crippen LogP contribution < -0.4 is 5.32 Å². The molecule has 0 saturated heterocycles. The Balaban J connectivity index is 0.000000545. The van der Waals surface area contributed by atoms with Crippen LogP contribution in [0.4, 0.5) is 0 Å². The van der Waals surface area contributed by atoms with Crippen molar-refractivity contribution in [2.24, 2.45) is 0 Å². The fourth-order valence-electron chi connectivity index (χ4n) is 2.97. The van der Waals surface area contributed by atoms with Crippen LogP contribution >= 0.6 is 0 Å². The maximum Gasteiger partial charge on any atom is 0.112 e. The lowest BCUT2D eigenvalue weighted by atomic mass is 10.1. The van der Waals surface area contributed by atoms with E-state index in [0.717, 1.165) is 11.0 Å². The van der Waals surface area contributed by atoms with E-state index in [1.165, 1.54) is 90.1 Å². The molecule has 0 aliphatic carbocycles. The first-order valence-corrected chi connectivity index (χ1v) is 11.1. The number of hydrogen-bond acceptors (Lipinski definition) is 4. The summed E-state index contributed by atoms with van der Waals surface area (Å²) in [7, 11) is 0. The predicted octanol–water partition coefficient (Wildman–Crippen LogP) is 6.07. The summed E-state index contributed by atoms with van der Waals surface area (Å²) in [5, 5.41) is 13.9. The molecular formula is C23H42N4O. The van der Waals surface area contributed by atoms with Crippen LogP contribution in [0.3, 0.4) is 0 Å². The molecule has 160 valence electrons. The number of carbonyl (C=O) groups is 1. The van der Waals surface area contributed by atoms with Gasteiger partial charge in [0.25, 0.3) is 0 Å². The van der Waals surface area contributed by atoms with Crippen LogP contribution in [-0.2, 0) is 4.79 Å². The number of hydrogen-bond donors (Lipinski definition) is 2. The molecule has 0 bridgehead atoms. The van der Waals surface area contributed by atoms with Gasteiger partial charge in [-0.05, 0) is 38.1 Å². The zero-order chi connectivity index (χ0) is 20.7. The van der Waals surface area contributed by atoms with Gasteiger partial charge in [-0.15, -0.1) is 0 Å². The number of H-pyrrole nitrogens is 1. The molecule has 0 fully saturated rings. The highest BCUT2D eigenvalue weighted by molar-refractivity contribution is 5.72. The second kappa shape index (κ2) is 21.5. The van der Waals surface area contributed by atoms with Crippen LogP contribution in [0.5, 0.6) is 0 Å². The van der Waals surface area contributed by atoms with Crippen LogP contribution in [0.1, 0.15) is 90.9 Å². The van der Waals surface area contributed by atoms with Gasteiger partial charge in [-0.25, -0.2) is 0 Å². The van der Waals surface area contributed by atoms with Gasteiger partial charge in [0.15, 0.2) is 0 Å². The number of aromatic nitrogens is 3. The smallest absolute Gasteiger partial charge is 0.112 e. The van der Waals surface area contributed by atoms with E-state index in [1.807, 2.05) is 31.1 Å². The Morgan fingerprint density at radius 1 is 0.714 bits per heavy atom. The number of benzene rings is 1. The molecule has 1 aromatic carbocycles. The Morgan fingerprint density at radius 2 is 1.11 bits per heavy atom. The van der Waals surface area contributed by atoms with E-state index in [1.54, 1.807) is 0 Å². The SMILES string of the molecule is C=O.CCCCCCCCNCCCCCCCC.c1ccc2n[nH]nc2c1. The summed E-state index contributed by atoms with van der Waals surface area (Å²) in [5.41, 5.74) is 1.83. The van der Waals surface area contributed by atoms with Gasteiger partial charge in [0, 0.05) is 0 Å². The third-order valence-corrected chi connectivity index (χ3v) is 4.64. The molecule has 0 unspecified atom stereocenters. The summed E-state index contributed by atoms with van der Waals surface area (Å²) >= 11 is 0. The molecule has 2 N–H and O–H groups in total. The largest absolute Gasteiger partial charge is 0.317 e. The summed E-state index contributed by atoms with van der Waals surface area (Å²) in [6.07, 6.45) is 16.9. The molecule has 5 heteroatoms. The molecule has 0 radical (unpaired) electrons. The van der Waals surface area contributed by atoms with Crippen molar-refractivity contribution < 1.29 is 4.79 Å². The van der Waals surface area contributed by atoms with Crippen molar-refractivity contribution in [3.63, 3.8) is 0 Å². The molecule has 0 aliphatic rings. The van der Waals surface area contributed by atoms with Crippen molar-refractivity contribution in [1.29, 1.82) is 0 Å². The maximum atomic E-state index is 8.00. The van der Waals surface area contributed by atoms with Crippen molar-refractivity contribution in [2.45, 2.75) is 90.9 Å². The average Bonchev–Trinajstić information content (AvgIpc) is 3.22. The quantitative estimate of drug-likeness (QED) is 0.384. The Kier molecular flexibility index (Phi) is 20.2. The number of para-hydroxylation sites is 2. The Labute approximate surface area is 172 Å². The van der Waals surface area contributed by atoms with E-state index in [2.05, 4.69) is 34.6 Å². The van der Waals surface area contributed by atoms with E-state index >= 15 is 0 Å². The second-order valence-corrected chi connectivity index (χ2v) is 7.10. The number of fused-ring (bicyclic) bond motifs is 1. The van der Waals surface area contributed by atoms with Gasteiger partial charge in [-0.2, -0.15) is 15.4 Å². The molecule has 5 nitrogen and oxygen atoms in total. The van der Waals surface area contributed by atoms with Gasteiger partial charge in [-0.3, -0.25) is 0 Å². The molecule has 0 saturated carbocycles. The first kappa shape index (κ1) is 26.2. The molecule has 0 atom stereocenters. The zero-order valence-corrected chi connectivity index (χ0v) is 18.2. The Hall–Kier alpha value is -1.75. The van der Waals surface area contributed by atoms with Gasteiger partial charge >= 0.3 is 0 Å². The number of nitrogens with one attached hydrogen (secondary N) is 2. The van der Waals surface area contributed by atoms with Gasteiger partial charge in [-0.1, -0.05) is 90.2 Å². The first-order valence-electron chi connectivity index (χ1n) is 11.1. The number of aromatic amines is 1. The fraction of sp³-hybridized carbons (Fsp3) is 0.696. The molecule has 2 aromatic rings. The molecule has 0 amide bonds. The summed E-state index contributed by atoms with van der Waals surface area (Å²) in [4.78, 5) is 8.00. The van der Waals surface area contributed by atoms with Crippen molar-refractivity contribution >= 4 is 17.8 Å². The Morgan fingerprint density at radius 3 is 1.54 bits per heavy atom. The minimum absolute atomic E-state index is 0.914. The third kappa shape index (κ3) is 15.3. The van der Waals surface area contributed by atoms with Crippen molar-refractivity contribution in [3.8, 4) is 0 Å². The molecular weight excluding hydrogens is 348 g/mol. The van der Waals surface area contributed by atoms with Crippen LogP contribution in [0.25, 0.3) is 11.0 Å². The minimum Gasteiger partial charge on any atom is -0.317 e. The highest BCUT2D eigenvalue weighted by atomic mass is 16.1. The fourth-order valence-corrected chi connectivity index (χ4v) is 2.97. The van der Waals surface area contributed by atoms with Gasteiger partial charge < -0.3 is 10.1 Å². The van der Waals surface area contributed by atoms with E-state index in [0.29, 0.717) is 0 Å². The van der Waals surface area contributed by atoms with Gasteiger partial charge in [0.05, 0.1) is 0 Å². The van der Waals surface area contributed by atoms with Crippen LogP contribution in [0.15, 0.2) is 24.3 Å². The van der Waals surface area contributed by atoms with E-state index in [-0.39, 0.29) is 0 Å². The number of carbonyl (C=O) groups excluding carboxylic acids is 1. The highest BCUT2D eigenvalue weighted by Gasteiger charge is 1.92. The maximum absolute atomic E-state index is 8.00. The van der Waals surface area contributed by atoms with Crippen LogP contribution in [0.2, 0.25) is 0 Å². The van der Waals surface area contributed by atoms with Crippen molar-refractivity contribution in [1.82, 2.24) is 20.7 Å². The van der Waals surface area contributed by atoms with E-state index in [9.17, 15) is 0 Å². The molecule has 1 heterocycles. The third-order valence-electron chi connectivity index (χ3n) is 4.64. The standard InChI is InChI=1S/C16H35N.C6H5N3.CH2O/c1-3-5-7-9-11-13-15-17-16-14-12-10-8-6-4-2;1-2-4-6-5(3-1)7-9-8-6;1-2/h17H,3-16H2,1-2H3;1-4H,(H,7,8,9);1H2. The summed E-state index contributed by atoms with van der Waals surface area (Å²) < 4.78 is 0. The van der Waals surface area contributed by atoms with E-state index < -0.39 is 0 Å². The normalized spacial score (nSPS) is 10.1. The minimum atomic E-state index is 0.914. The van der Waals surface area contributed by atoms with Crippen LogP contribution in [-0.4, -0.2) is 35.3 Å². The second-order valence-electron chi connectivity index (χ2n) is 7.10. The Bertz CT molecular complexity index is 500. The van der Waals surface area contributed by atoms with Crippen molar-refractivity contribution in [3.05, 3.63) is 24.3 Å². The topological polar surface area (TPSA) is 70.7 Å². The van der Waals surface area contributed by atoms with E-state index in [4.69, 9.17) is 4.79 Å². The number of nitrogens with zero attached hydrogens (tertiary/aromatic N) is 2. The lowest BCUT2D eigenvalue weighted by Crippen LogP contribution is -2.16. The first-order chi connectivity index (χ1) is 13.9. The lowest BCUT2D eigenvalue weighted by molar-refractivity contribution is -0.0979. The van der Waals surface area contributed by atoms with Crippen molar-refractivity contribution in [2.75, 3.05) is 13.1 Å². The lowest BCUT2D eigenvalue weighted by Gasteiger charge is -2.04. The van der Waals surface area contributed by atoms with Crippen LogP contribution in [0, 0.1) is 0 Å². The summed E-state index contributed by atoms with van der Waals surface area (Å²) in [5.74, 6) is 0. The van der Waals surface area contributed by atoms with Gasteiger partial charge in [0.2, 0.25) is 0 Å². The zero-order valence-electron chi connectivity index (χ0n) is 18.2. The molecule has 1 aromatic heterocycles. The predicted molar refractivity (Wildman–Crippen MR) is 121 cm³/mol. The monoisotopic (exact) mass is 390 g/mol. The number of unbranched alkanes of at least 4 members (excludes halogenated alkanes) is 10. The molecule has 2 rings (SSSR count). The van der Waals surface area contributed by atoms with Gasteiger partial charge in [0.1, 0.15) is 17.8 Å². The highest BCUT2D eigenvalue weighted by Crippen LogP contribution is 2.05. The summed E-state index contributed by atoms with van der Waals surface area (Å²) in [6.45, 7) is 9.03.